The maximum absolute atomic E-state index is 12.4. The molecule has 1 aliphatic heterocycles. The van der Waals surface area contributed by atoms with Crippen molar-refractivity contribution in [3.8, 4) is 23.2 Å². The number of H-pyrrole nitrogens is 1. The number of carbonyl (C=O) groups is 1. The number of carbonyl (C=O) groups excluding carboxylic acids is 1. The summed E-state index contributed by atoms with van der Waals surface area (Å²) in [5.41, 5.74) is 2.71. The maximum atomic E-state index is 12.4. The highest BCUT2D eigenvalue weighted by Gasteiger charge is 2.16. The van der Waals surface area contributed by atoms with Crippen LogP contribution in [0.5, 0.6) is 5.88 Å². The van der Waals surface area contributed by atoms with Crippen molar-refractivity contribution in [1.82, 2.24) is 20.2 Å². The van der Waals surface area contributed by atoms with Crippen LogP contribution in [0.1, 0.15) is 15.9 Å². The fraction of sp³-hybridized carbons (Fsp3) is 0.286. The van der Waals surface area contributed by atoms with Gasteiger partial charge in [-0.25, -0.2) is 0 Å². The van der Waals surface area contributed by atoms with Crippen LogP contribution in [0.3, 0.4) is 0 Å². The highest BCUT2D eigenvalue weighted by atomic mass is 16.5. The Labute approximate surface area is 167 Å². The van der Waals surface area contributed by atoms with E-state index in [0.717, 1.165) is 38.2 Å². The van der Waals surface area contributed by atoms with Crippen LogP contribution in [0.25, 0.3) is 22.2 Å². The summed E-state index contributed by atoms with van der Waals surface area (Å²) in [6.45, 7) is 4.58. The molecule has 2 aromatic heterocycles. The zero-order chi connectivity index (χ0) is 20.2. The Morgan fingerprint density at radius 2 is 2.14 bits per heavy atom. The first-order valence-corrected chi connectivity index (χ1v) is 9.45. The average Bonchev–Trinajstić information content (AvgIpc) is 3.09. The molecule has 0 saturated carbocycles. The lowest BCUT2D eigenvalue weighted by atomic mass is 10.1. The van der Waals surface area contributed by atoms with Gasteiger partial charge in [-0.3, -0.25) is 14.7 Å². The van der Waals surface area contributed by atoms with E-state index < -0.39 is 0 Å². The zero-order valence-corrected chi connectivity index (χ0v) is 15.8. The van der Waals surface area contributed by atoms with Crippen molar-refractivity contribution in [2.24, 2.45) is 0 Å². The van der Waals surface area contributed by atoms with Crippen molar-refractivity contribution in [3.63, 3.8) is 0 Å². The van der Waals surface area contributed by atoms with E-state index in [1.165, 1.54) is 6.20 Å². The van der Waals surface area contributed by atoms with Gasteiger partial charge in [-0.15, -0.1) is 0 Å². The maximum Gasteiger partial charge on any atom is 0.252 e. The molecule has 8 heteroatoms. The summed E-state index contributed by atoms with van der Waals surface area (Å²) in [6.07, 6.45) is 1.50. The van der Waals surface area contributed by atoms with Crippen molar-refractivity contribution in [1.29, 1.82) is 5.26 Å². The molecule has 3 N–H and O–H groups in total. The molecule has 1 saturated heterocycles. The topological polar surface area (TPSA) is 114 Å². The van der Waals surface area contributed by atoms with E-state index in [0.29, 0.717) is 34.4 Å². The predicted octanol–water partition coefficient (Wildman–Crippen LogP) is 1.87. The SMILES string of the molecule is N#Cc1ccc2c(-c3ccc(C(=O)NCCN4CCOCC4)cn3)c(O)[nH]c2c1. The second-order valence-corrected chi connectivity index (χ2v) is 6.86. The standard InChI is InChI=1S/C21H21N5O3/c22-12-14-1-3-16-18(11-14)25-21(28)19(16)17-4-2-15(13-24-17)20(27)23-5-6-26-7-9-29-10-8-26/h1-4,11,13,25,28H,5-10H2,(H,23,27). The molecule has 8 nitrogen and oxygen atoms in total. The molecule has 1 fully saturated rings. The Kier molecular flexibility index (Phi) is 5.42. The van der Waals surface area contributed by atoms with Crippen molar-refractivity contribution in [3.05, 3.63) is 47.7 Å². The van der Waals surface area contributed by atoms with Gasteiger partial charge in [0, 0.05) is 37.8 Å². The molecule has 0 atom stereocenters. The summed E-state index contributed by atoms with van der Waals surface area (Å²) >= 11 is 0. The largest absolute Gasteiger partial charge is 0.494 e. The third-order valence-electron chi connectivity index (χ3n) is 5.01. The number of amides is 1. The van der Waals surface area contributed by atoms with E-state index in [1.807, 2.05) is 0 Å². The Bertz CT molecular complexity index is 1060. The monoisotopic (exact) mass is 391 g/mol. The third-order valence-corrected chi connectivity index (χ3v) is 5.01. The molecule has 1 aromatic carbocycles. The molecule has 0 unspecified atom stereocenters. The smallest absolute Gasteiger partial charge is 0.252 e. The quantitative estimate of drug-likeness (QED) is 0.612. The minimum absolute atomic E-state index is 0.0229. The number of aromatic nitrogens is 2. The van der Waals surface area contributed by atoms with Crippen LogP contribution < -0.4 is 5.32 Å². The Balaban J connectivity index is 1.45. The third kappa shape index (κ3) is 4.06. The van der Waals surface area contributed by atoms with Crippen molar-refractivity contribution in [2.75, 3.05) is 39.4 Å². The first-order valence-electron chi connectivity index (χ1n) is 9.45. The molecule has 0 bridgehead atoms. The molecule has 148 valence electrons. The highest BCUT2D eigenvalue weighted by Crippen LogP contribution is 2.35. The molecule has 0 spiro atoms. The Morgan fingerprint density at radius 1 is 1.31 bits per heavy atom. The van der Waals surface area contributed by atoms with E-state index in [4.69, 9.17) is 10.00 Å². The lowest BCUT2D eigenvalue weighted by Crippen LogP contribution is -2.41. The van der Waals surface area contributed by atoms with Gasteiger partial charge in [0.1, 0.15) is 0 Å². The van der Waals surface area contributed by atoms with Crippen LogP contribution in [0.2, 0.25) is 0 Å². The number of hydrogen-bond donors (Lipinski definition) is 3. The van der Waals surface area contributed by atoms with E-state index in [-0.39, 0.29) is 11.8 Å². The summed E-state index contributed by atoms with van der Waals surface area (Å²) in [5.74, 6) is -0.204. The van der Waals surface area contributed by atoms with Gasteiger partial charge in [0.2, 0.25) is 0 Å². The van der Waals surface area contributed by atoms with Crippen molar-refractivity contribution >= 4 is 16.8 Å². The van der Waals surface area contributed by atoms with Crippen LogP contribution >= 0.6 is 0 Å². The number of aromatic hydroxyl groups is 1. The van der Waals surface area contributed by atoms with Gasteiger partial charge >= 0.3 is 0 Å². The number of nitriles is 1. The van der Waals surface area contributed by atoms with Crippen LogP contribution in [0.4, 0.5) is 0 Å². The number of hydrogen-bond acceptors (Lipinski definition) is 6. The van der Waals surface area contributed by atoms with Gasteiger partial charge in [0.05, 0.1) is 47.2 Å². The fourth-order valence-corrected chi connectivity index (χ4v) is 3.44. The number of ether oxygens (including phenoxy) is 1. The number of benzene rings is 1. The predicted molar refractivity (Wildman–Crippen MR) is 108 cm³/mol. The Morgan fingerprint density at radius 3 is 2.86 bits per heavy atom. The number of pyridine rings is 1. The van der Waals surface area contributed by atoms with Gasteiger partial charge in [0.15, 0.2) is 5.88 Å². The van der Waals surface area contributed by atoms with E-state index >= 15 is 0 Å². The molecule has 4 rings (SSSR count). The molecule has 29 heavy (non-hydrogen) atoms. The van der Waals surface area contributed by atoms with Gasteiger partial charge < -0.3 is 20.1 Å². The molecule has 3 aromatic rings. The average molecular weight is 391 g/mol. The zero-order valence-electron chi connectivity index (χ0n) is 15.8. The summed E-state index contributed by atoms with van der Waals surface area (Å²) in [4.78, 5) is 21.8. The van der Waals surface area contributed by atoms with Gasteiger partial charge in [0.25, 0.3) is 5.91 Å². The van der Waals surface area contributed by atoms with Gasteiger partial charge in [-0.2, -0.15) is 5.26 Å². The minimum Gasteiger partial charge on any atom is -0.494 e. The number of fused-ring (bicyclic) bond motifs is 1. The molecule has 1 amide bonds. The van der Waals surface area contributed by atoms with Gasteiger partial charge in [-0.1, -0.05) is 6.07 Å². The number of rotatable bonds is 5. The first-order chi connectivity index (χ1) is 14.2. The molecule has 1 aliphatic rings. The summed E-state index contributed by atoms with van der Waals surface area (Å²) in [7, 11) is 0. The molecule has 0 aliphatic carbocycles. The number of aromatic amines is 1. The minimum atomic E-state index is -0.181. The Hall–Kier alpha value is -3.41. The number of nitrogens with zero attached hydrogens (tertiary/aromatic N) is 3. The number of morpholine rings is 1. The fourth-order valence-electron chi connectivity index (χ4n) is 3.44. The van der Waals surface area contributed by atoms with E-state index in [2.05, 4.69) is 26.3 Å². The van der Waals surface area contributed by atoms with Crippen molar-refractivity contribution in [2.45, 2.75) is 0 Å². The molecular formula is C21H21N5O3. The first kappa shape index (κ1) is 18.9. The lowest BCUT2D eigenvalue weighted by molar-refractivity contribution is 0.0383. The lowest BCUT2D eigenvalue weighted by Gasteiger charge is -2.26. The summed E-state index contributed by atoms with van der Waals surface area (Å²) in [5, 5.41) is 23.0. The van der Waals surface area contributed by atoms with Crippen LogP contribution in [0.15, 0.2) is 36.5 Å². The number of nitrogens with one attached hydrogen (secondary N) is 2. The van der Waals surface area contributed by atoms with E-state index in [9.17, 15) is 9.90 Å². The summed E-state index contributed by atoms with van der Waals surface area (Å²) < 4.78 is 5.31. The van der Waals surface area contributed by atoms with Crippen LogP contribution in [0, 0.1) is 11.3 Å². The van der Waals surface area contributed by atoms with Crippen LogP contribution in [-0.2, 0) is 4.74 Å². The second kappa shape index (κ2) is 8.31. The molecule has 3 heterocycles. The molecule has 0 radical (unpaired) electrons. The van der Waals surface area contributed by atoms with Crippen LogP contribution in [-0.4, -0.2) is 65.3 Å². The van der Waals surface area contributed by atoms with Gasteiger partial charge in [-0.05, 0) is 24.3 Å². The normalized spacial score (nSPS) is 14.6. The molecular weight excluding hydrogens is 370 g/mol. The second-order valence-electron chi connectivity index (χ2n) is 6.86. The van der Waals surface area contributed by atoms with E-state index in [1.54, 1.807) is 30.3 Å². The summed E-state index contributed by atoms with van der Waals surface area (Å²) in [6, 6.07) is 10.6. The highest BCUT2D eigenvalue weighted by molar-refractivity contribution is 5.99. The van der Waals surface area contributed by atoms with Crippen molar-refractivity contribution < 1.29 is 14.6 Å².